The second-order valence-corrected chi connectivity index (χ2v) is 8.46. The van der Waals surface area contributed by atoms with E-state index in [2.05, 4.69) is 28.0 Å². The molecule has 176 valence electrons. The van der Waals surface area contributed by atoms with E-state index < -0.39 is 6.10 Å². The number of hydrogen-bond donors (Lipinski definition) is 2. The molecule has 1 aliphatic rings. The Morgan fingerprint density at radius 2 is 1.82 bits per heavy atom. The van der Waals surface area contributed by atoms with Crippen molar-refractivity contribution in [3.8, 4) is 28.6 Å². The molecule has 1 aromatic carbocycles. The molecule has 3 heterocycles. The quantitative estimate of drug-likeness (QED) is 0.508. The third-order valence-electron chi connectivity index (χ3n) is 6.02. The first kappa shape index (κ1) is 23.2. The van der Waals surface area contributed by atoms with E-state index in [-0.39, 0.29) is 13.2 Å². The van der Waals surface area contributed by atoms with Gasteiger partial charge in [0.05, 0.1) is 12.2 Å². The predicted octanol–water partition coefficient (Wildman–Crippen LogP) is 3.56. The molecule has 4 rings (SSSR count). The number of rotatable bonds is 9. The molecular weight excluding hydrogens is 420 g/mol. The van der Waals surface area contributed by atoms with Crippen molar-refractivity contribution in [3.05, 3.63) is 41.1 Å². The van der Waals surface area contributed by atoms with Crippen molar-refractivity contribution in [3.63, 3.8) is 0 Å². The molecule has 0 amide bonds. The number of aryl methyl sites for hydroxylation is 3. The molecule has 1 atom stereocenters. The monoisotopic (exact) mass is 452 g/mol. The van der Waals surface area contributed by atoms with Gasteiger partial charge in [0.25, 0.3) is 5.89 Å². The number of pyridine rings is 1. The van der Waals surface area contributed by atoms with E-state index in [0.29, 0.717) is 17.5 Å². The lowest BCUT2D eigenvalue weighted by molar-refractivity contribution is 0.0531. The van der Waals surface area contributed by atoms with Crippen LogP contribution in [-0.4, -0.2) is 57.7 Å². The summed E-state index contributed by atoms with van der Waals surface area (Å²) in [6.07, 6.45) is 4.96. The fraction of sp³-hybridized carbons (Fsp3) is 0.480. The summed E-state index contributed by atoms with van der Waals surface area (Å²) >= 11 is 0. The molecule has 2 aromatic heterocycles. The van der Waals surface area contributed by atoms with Gasteiger partial charge in [-0.15, -0.1) is 0 Å². The topological polar surface area (TPSA) is 105 Å². The number of aromatic nitrogens is 3. The zero-order chi connectivity index (χ0) is 23.4. The Morgan fingerprint density at radius 3 is 2.52 bits per heavy atom. The minimum atomic E-state index is -0.910. The molecule has 1 fully saturated rings. The summed E-state index contributed by atoms with van der Waals surface area (Å²) in [4.78, 5) is 11.7. The van der Waals surface area contributed by atoms with Gasteiger partial charge >= 0.3 is 0 Å². The van der Waals surface area contributed by atoms with Crippen LogP contribution in [0.5, 0.6) is 5.75 Å². The first-order valence-electron chi connectivity index (χ1n) is 11.7. The summed E-state index contributed by atoms with van der Waals surface area (Å²) in [6, 6.07) is 6.03. The largest absolute Gasteiger partial charge is 0.490 e. The molecule has 1 saturated heterocycles. The molecule has 0 unspecified atom stereocenters. The second kappa shape index (κ2) is 10.3. The van der Waals surface area contributed by atoms with Crippen LogP contribution in [0, 0.1) is 6.92 Å². The maximum Gasteiger partial charge on any atom is 0.259 e. The van der Waals surface area contributed by atoms with Crippen molar-refractivity contribution in [1.82, 2.24) is 15.1 Å². The van der Waals surface area contributed by atoms with Gasteiger partial charge in [0.15, 0.2) is 0 Å². The van der Waals surface area contributed by atoms with Gasteiger partial charge in [0, 0.05) is 24.8 Å². The van der Waals surface area contributed by atoms with Gasteiger partial charge in [-0.3, -0.25) is 0 Å². The standard InChI is InChI=1S/C25H32N4O4/c1-4-17-11-19(10-16(3)22(17)32-15-21(31)14-30)23-27-25(33-28-23)20-12-18(5-2)24(26-13-20)29-8-6-7-9-29/h10-13,21,30-31H,4-9,14-15H2,1-3H3/t21-/m0/s1. The number of aliphatic hydroxyl groups is 2. The summed E-state index contributed by atoms with van der Waals surface area (Å²) in [5.41, 5.74) is 4.73. The van der Waals surface area contributed by atoms with E-state index in [1.54, 1.807) is 0 Å². The number of hydrogen-bond acceptors (Lipinski definition) is 8. The lowest BCUT2D eigenvalue weighted by atomic mass is 10.0. The van der Waals surface area contributed by atoms with E-state index in [1.165, 1.54) is 18.4 Å². The van der Waals surface area contributed by atoms with Gasteiger partial charge < -0.3 is 24.4 Å². The average molecular weight is 453 g/mol. The number of nitrogens with zero attached hydrogens (tertiary/aromatic N) is 4. The maximum atomic E-state index is 9.62. The van der Waals surface area contributed by atoms with Crippen molar-refractivity contribution in [1.29, 1.82) is 0 Å². The summed E-state index contributed by atoms with van der Waals surface area (Å²) in [6.45, 7) is 7.93. The third kappa shape index (κ3) is 5.02. The smallest absolute Gasteiger partial charge is 0.259 e. The van der Waals surface area contributed by atoms with Crippen LogP contribution in [0.2, 0.25) is 0 Å². The molecule has 8 nitrogen and oxygen atoms in total. The summed E-state index contributed by atoms with van der Waals surface area (Å²) in [5.74, 6) is 2.73. The average Bonchev–Trinajstić information content (AvgIpc) is 3.55. The summed E-state index contributed by atoms with van der Waals surface area (Å²) in [7, 11) is 0. The van der Waals surface area contributed by atoms with E-state index in [1.807, 2.05) is 32.2 Å². The maximum absolute atomic E-state index is 9.62. The summed E-state index contributed by atoms with van der Waals surface area (Å²) in [5, 5.41) is 22.9. The predicted molar refractivity (Wildman–Crippen MR) is 126 cm³/mol. The van der Waals surface area contributed by atoms with Crippen LogP contribution in [0.4, 0.5) is 5.82 Å². The molecule has 2 N–H and O–H groups in total. The first-order chi connectivity index (χ1) is 16.0. The molecule has 1 aliphatic heterocycles. The minimum Gasteiger partial charge on any atom is -0.490 e. The fourth-order valence-corrected chi connectivity index (χ4v) is 4.23. The number of anilines is 1. The van der Waals surface area contributed by atoms with Gasteiger partial charge in [-0.25, -0.2) is 4.98 Å². The van der Waals surface area contributed by atoms with Crippen LogP contribution >= 0.6 is 0 Å². The van der Waals surface area contributed by atoms with Crippen molar-refractivity contribution in [2.75, 3.05) is 31.2 Å². The zero-order valence-corrected chi connectivity index (χ0v) is 19.5. The molecule has 8 heteroatoms. The van der Waals surface area contributed by atoms with Crippen LogP contribution in [0.25, 0.3) is 22.8 Å². The van der Waals surface area contributed by atoms with Crippen molar-refractivity contribution in [2.45, 2.75) is 52.6 Å². The molecule has 0 bridgehead atoms. The number of ether oxygens (including phenoxy) is 1. The molecule has 33 heavy (non-hydrogen) atoms. The number of aliphatic hydroxyl groups excluding tert-OH is 2. The molecular formula is C25H32N4O4. The van der Waals surface area contributed by atoms with Crippen LogP contribution in [0.15, 0.2) is 28.9 Å². The lowest BCUT2D eigenvalue weighted by Crippen LogP contribution is -2.22. The van der Waals surface area contributed by atoms with Crippen LogP contribution in [-0.2, 0) is 12.8 Å². The van der Waals surface area contributed by atoms with Crippen LogP contribution in [0.1, 0.15) is 43.4 Å². The Balaban J connectivity index is 1.60. The van der Waals surface area contributed by atoms with E-state index in [9.17, 15) is 5.11 Å². The van der Waals surface area contributed by atoms with Gasteiger partial charge in [-0.05, 0) is 67.5 Å². The van der Waals surface area contributed by atoms with Crippen LogP contribution < -0.4 is 9.64 Å². The fourth-order valence-electron chi connectivity index (χ4n) is 4.23. The van der Waals surface area contributed by atoms with Crippen LogP contribution in [0.3, 0.4) is 0 Å². The minimum absolute atomic E-state index is 0.0379. The van der Waals surface area contributed by atoms with E-state index in [0.717, 1.165) is 54.0 Å². The molecule has 3 aromatic rings. The van der Waals surface area contributed by atoms with Gasteiger partial charge in [-0.2, -0.15) is 4.98 Å². The molecule has 0 spiro atoms. The van der Waals surface area contributed by atoms with Gasteiger partial charge in [0.2, 0.25) is 5.82 Å². The highest BCUT2D eigenvalue weighted by Crippen LogP contribution is 2.32. The Morgan fingerprint density at radius 1 is 1.09 bits per heavy atom. The third-order valence-corrected chi connectivity index (χ3v) is 6.02. The molecule has 0 radical (unpaired) electrons. The van der Waals surface area contributed by atoms with Gasteiger partial charge in [-0.1, -0.05) is 19.0 Å². The number of benzene rings is 1. The molecule has 0 aliphatic carbocycles. The van der Waals surface area contributed by atoms with Crippen molar-refractivity contribution >= 4 is 5.82 Å². The Bertz CT molecular complexity index is 1090. The second-order valence-electron chi connectivity index (χ2n) is 8.46. The van der Waals surface area contributed by atoms with E-state index >= 15 is 0 Å². The highest BCUT2D eigenvalue weighted by Gasteiger charge is 2.20. The van der Waals surface area contributed by atoms with Crippen molar-refractivity contribution < 1.29 is 19.5 Å². The highest BCUT2D eigenvalue weighted by atomic mass is 16.5. The summed E-state index contributed by atoms with van der Waals surface area (Å²) < 4.78 is 11.4. The Labute approximate surface area is 194 Å². The Hall–Kier alpha value is -2.97. The normalized spacial score (nSPS) is 14.6. The van der Waals surface area contributed by atoms with E-state index in [4.69, 9.17) is 19.4 Å². The SMILES string of the molecule is CCc1cc(-c2nc(-c3cc(C)c(OC[C@@H](O)CO)c(CC)c3)no2)cnc1N1CCCC1. The van der Waals surface area contributed by atoms with Gasteiger partial charge in [0.1, 0.15) is 24.3 Å². The zero-order valence-electron chi connectivity index (χ0n) is 19.5. The lowest BCUT2D eigenvalue weighted by Gasteiger charge is -2.19. The highest BCUT2D eigenvalue weighted by molar-refractivity contribution is 5.65. The first-order valence-corrected chi connectivity index (χ1v) is 11.7. The molecule has 0 saturated carbocycles. The van der Waals surface area contributed by atoms with Crippen molar-refractivity contribution in [2.24, 2.45) is 0 Å². The Kier molecular flexibility index (Phi) is 7.25.